The number of urea groups is 1. The number of carboxylic acid groups (broad SMARTS) is 1. The van der Waals surface area contributed by atoms with Crippen LogP contribution in [0.1, 0.15) is 33.1 Å². The van der Waals surface area contributed by atoms with Gasteiger partial charge in [0.1, 0.15) is 5.70 Å². The molecular formula is C20H30N4O5S. The van der Waals surface area contributed by atoms with Crippen molar-refractivity contribution in [1.29, 1.82) is 0 Å². The fourth-order valence-electron chi connectivity index (χ4n) is 5.13. The standard InChI is InChI=1S/C20H30N4O5S/c1-10-15-14(11(2)25)18(26)24(15)16(19(27)28)17(10)30-13-7-12(21-9-13)8-22-20(29)23-5-3-4-6-23/h10-15,21,25H,3-9H2,1-2H3,(H,22,29)(H,27,28)/t10-,11-,12+,13+,14?,15-/m1/s1. The molecule has 0 bridgehead atoms. The first kappa shape index (κ1) is 21.5. The average Bonchev–Trinajstić information content (AvgIpc) is 3.41. The molecule has 4 rings (SSSR count). The van der Waals surface area contributed by atoms with Gasteiger partial charge in [0.25, 0.3) is 0 Å². The van der Waals surface area contributed by atoms with Crippen LogP contribution >= 0.6 is 11.8 Å². The molecule has 9 nitrogen and oxygen atoms in total. The molecule has 166 valence electrons. The van der Waals surface area contributed by atoms with Gasteiger partial charge in [-0.1, -0.05) is 6.92 Å². The maximum atomic E-state index is 12.4. The first-order chi connectivity index (χ1) is 14.3. The minimum absolute atomic E-state index is 0.0160. The number of aliphatic hydroxyl groups is 1. The Balaban J connectivity index is 1.36. The van der Waals surface area contributed by atoms with Gasteiger partial charge in [0.2, 0.25) is 5.91 Å². The number of hydrogen-bond donors (Lipinski definition) is 4. The van der Waals surface area contributed by atoms with E-state index in [1.54, 1.807) is 6.92 Å². The Hall–Kier alpha value is -1.78. The van der Waals surface area contributed by atoms with Gasteiger partial charge in [-0.2, -0.15) is 0 Å². The van der Waals surface area contributed by atoms with Gasteiger partial charge in [-0.3, -0.25) is 4.79 Å². The van der Waals surface area contributed by atoms with Gasteiger partial charge >= 0.3 is 12.0 Å². The van der Waals surface area contributed by atoms with Crippen LogP contribution < -0.4 is 10.6 Å². The van der Waals surface area contributed by atoms with Gasteiger partial charge < -0.3 is 30.6 Å². The van der Waals surface area contributed by atoms with Crippen molar-refractivity contribution in [3.05, 3.63) is 10.6 Å². The van der Waals surface area contributed by atoms with E-state index >= 15 is 0 Å². The van der Waals surface area contributed by atoms with Gasteiger partial charge in [-0.05, 0) is 26.2 Å². The summed E-state index contributed by atoms with van der Waals surface area (Å²) in [6.45, 7) is 6.42. The maximum absolute atomic E-state index is 12.4. The second-order valence-electron chi connectivity index (χ2n) is 8.73. The number of rotatable bonds is 6. The summed E-state index contributed by atoms with van der Waals surface area (Å²) in [5.74, 6) is -2.05. The Morgan fingerprint density at radius 3 is 2.67 bits per heavy atom. The number of likely N-dealkylation sites (tertiary alicyclic amines) is 1. The first-order valence-corrected chi connectivity index (χ1v) is 11.6. The van der Waals surface area contributed by atoms with E-state index in [1.807, 2.05) is 11.8 Å². The summed E-state index contributed by atoms with van der Waals surface area (Å²) in [7, 11) is 0. The highest BCUT2D eigenvalue weighted by Gasteiger charge is 2.60. The van der Waals surface area contributed by atoms with Crippen LogP contribution in [0.25, 0.3) is 0 Å². The molecule has 3 fully saturated rings. The summed E-state index contributed by atoms with van der Waals surface area (Å²) in [6, 6.07) is -0.155. The normalized spacial score (nSPS) is 34.2. The van der Waals surface area contributed by atoms with Crippen molar-refractivity contribution >= 4 is 29.7 Å². The van der Waals surface area contributed by atoms with Crippen LogP contribution in [0.3, 0.4) is 0 Å². The zero-order valence-corrected chi connectivity index (χ0v) is 18.2. The van der Waals surface area contributed by atoms with Crippen molar-refractivity contribution in [3.8, 4) is 0 Å². The van der Waals surface area contributed by atoms with Crippen LogP contribution in [0.4, 0.5) is 4.79 Å². The molecule has 1 unspecified atom stereocenters. The number of thioether (sulfide) groups is 1. The SMILES string of the molecule is C[C@@H](O)C1C(=O)N2C(C(=O)O)=C(S[C@@H]3CN[C@H](CNC(=O)N4CCCC4)C3)[C@H](C)[C@H]12. The Morgan fingerprint density at radius 2 is 2.03 bits per heavy atom. The number of aliphatic carboxylic acids is 1. The third-order valence-electron chi connectivity index (χ3n) is 6.68. The average molecular weight is 439 g/mol. The van der Waals surface area contributed by atoms with Crippen molar-refractivity contribution < 1.29 is 24.6 Å². The quantitative estimate of drug-likeness (QED) is 0.443. The maximum Gasteiger partial charge on any atom is 0.353 e. The van der Waals surface area contributed by atoms with E-state index in [0.717, 1.165) is 43.8 Å². The van der Waals surface area contributed by atoms with Crippen LogP contribution in [0.15, 0.2) is 10.6 Å². The smallest absolute Gasteiger partial charge is 0.353 e. The predicted molar refractivity (Wildman–Crippen MR) is 112 cm³/mol. The van der Waals surface area contributed by atoms with Crippen molar-refractivity contribution in [2.75, 3.05) is 26.2 Å². The molecule has 3 saturated heterocycles. The molecule has 0 aromatic carbocycles. The van der Waals surface area contributed by atoms with E-state index in [9.17, 15) is 24.6 Å². The third kappa shape index (κ3) is 3.69. The molecule has 0 spiro atoms. The molecule has 30 heavy (non-hydrogen) atoms. The molecule has 3 amide bonds. The fraction of sp³-hybridized carbons (Fsp3) is 0.750. The van der Waals surface area contributed by atoms with Crippen LogP contribution in [0.2, 0.25) is 0 Å². The predicted octanol–water partition coefficient (Wildman–Crippen LogP) is 0.409. The second kappa shape index (κ2) is 8.39. The van der Waals surface area contributed by atoms with Gasteiger partial charge in [0.15, 0.2) is 0 Å². The molecule has 4 aliphatic heterocycles. The zero-order chi connectivity index (χ0) is 21.6. The van der Waals surface area contributed by atoms with E-state index in [4.69, 9.17) is 0 Å². The van der Waals surface area contributed by atoms with Crippen molar-refractivity contribution in [3.63, 3.8) is 0 Å². The minimum atomic E-state index is -1.09. The van der Waals surface area contributed by atoms with E-state index in [0.29, 0.717) is 6.54 Å². The molecule has 6 atom stereocenters. The number of hydrogen-bond acceptors (Lipinski definition) is 6. The number of carbonyl (C=O) groups excluding carboxylic acids is 2. The molecule has 4 N–H and O–H groups in total. The summed E-state index contributed by atoms with van der Waals surface area (Å²) in [4.78, 5) is 40.4. The van der Waals surface area contributed by atoms with Crippen molar-refractivity contribution in [1.82, 2.24) is 20.4 Å². The molecule has 4 aliphatic rings. The lowest BCUT2D eigenvalue weighted by atomic mass is 9.79. The van der Waals surface area contributed by atoms with E-state index in [2.05, 4.69) is 10.6 Å². The monoisotopic (exact) mass is 438 g/mol. The van der Waals surface area contributed by atoms with Crippen LogP contribution in [-0.4, -0.2) is 87.5 Å². The van der Waals surface area contributed by atoms with E-state index in [1.165, 1.54) is 16.7 Å². The Morgan fingerprint density at radius 1 is 1.33 bits per heavy atom. The van der Waals surface area contributed by atoms with Crippen molar-refractivity contribution in [2.45, 2.75) is 56.5 Å². The highest BCUT2D eigenvalue weighted by molar-refractivity contribution is 8.03. The van der Waals surface area contributed by atoms with E-state index in [-0.39, 0.29) is 40.9 Å². The highest BCUT2D eigenvalue weighted by Crippen LogP contribution is 2.51. The summed E-state index contributed by atoms with van der Waals surface area (Å²) >= 11 is 1.52. The minimum Gasteiger partial charge on any atom is -0.477 e. The van der Waals surface area contributed by atoms with Gasteiger partial charge in [-0.25, -0.2) is 9.59 Å². The largest absolute Gasteiger partial charge is 0.477 e. The molecule has 0 aliphatic carbocycles. The van der Waals surface area contributed by atoms with Gasteiger partial charge in [0.05, 0.1) is 18.1 Å². The third-order valence-corrected chi connectivity index (χ3v) is 8.19. The lowest BCUT2D eigenvalue weighted by molar-refractivity contribution is -0.163. The molecule has 0 aromatic rings. The van der Waals surface area contributed by atoms with Gasteiger partial charge in [-0.15, -0.1) is 11.8 Å². The Kier molecular flexibility index (Phi) is 6.00. The van der Waals surface area contributed by atoms with E-state index < -0.39 is 18.0 Å². The fourth-order valence-corrected chi connectivity index (χ4v) is 6.65. The number of carboxylic acids is 1. The number of nitrogens with zero attached hydrogens (tertiary/aromatic N) is 2. The topological polar surface area (TPSA) is 122 Å². The summed E-state index contributed by atoms with van der Waals surface area (Å²) in [6.07, 6.45) is 2.14. The number of amides is 3. The van der Waals surface area contributed by atoms with Crippen LogP contribution in [0.5, 0.6) is 0 Å². The second-order valence-corrected chi connectivity index (χ2v) is 10.1. The Labute approximate surface area is 180 Å². The lowest BCUT2D eigenvalue weighted by Gasteiger charge is -2.46. The number of nitrogens with one attached hydrogen (secondary N) is 2. The molecule has 0 radical (unpaired) electrons. The number of carbonyl (C=O) groups is 3. The molecule has 0 aromatic heterocycles. The molecule has 0 saturated carbocycles. The molecule has 4 heterocycles. The van der Waals surface area contributed by atoms with Gasteiger partial charge in [0, 0.05) is 48.3 Å². The number of fused-ring (bicyclic) bond motifs is 1. The highest BCUT2D eigenvalue weighted by atomic mass is 32.2. The first-order valence-electron chi connectivity index (χ1n) is 10.7. The van der Waals surface area contributed by atoms with Crippen molar-refractivity contribution in [2.24, 2.45) is 11.8 Å². The zero-order valence-electron chi connectivity index (χ0n) is 17.3. The summed E-state index contributed by atoms with van der Waals surface area (Å²) in [5, 5.41) is 26.3. The molecular weight excluding hydrogens is 408 g/mol. The number of β-lactam (4-membered cyclic amide) rings is 1. The summed E-state index contributed by atoms with van der Waals surface area (Å²) < 4.78 is 0. The molecule has 10 heteroatoms. The van der Waals surface area contributed by atoms with Crippen LogP contribution in [0, 0.1) is 11.8 Å². The van der Waals surface area contributed by atoms with Crippen LogP contribution in [-0.2, 0) is 9.59 Å². The summed E-state index contributed by atoms with van der Waals surface area (Å²) in [5.41, 5.74) is 0.0742. The lowest BCUT2D eigenvalue weighted by Crippen LogP contribution is -2.63. The Bertz CT molecular complexity index is 766. The number of aliphatic hydroxyl groups excluding tert-OH is 1.